The molecule has 7 nitrogen and oxygen atoms in total. The molecule has 4 N–H and O–H groups in total. The van der Waals surface area contributed by atoms with Crippen molar-refractivity contribution < 1.29 is 34.8 Å². The third kappa shape index (κ3) is 5.13. The molecule has 0 saturated heterocycles. The average Bonchev–Trinajstić information content (AvgIpc) is 3.00. The number of hydrogen-bond donors (Lipinski definition) is 4. The predicted octanol–water partition coefficient (Wildman–Crippen LogP) is 8.51. The standard InChI is InChI=1S/C42H52O7/c1-21(2)28-18-29(27-15-13-26(14-16-27)17-25-11-9-23(5)10-12-25)35(44)32-30(28)19-40(7)20-41(8)33(22(3)4)36(45)31(24(6)43)38(47)42(41,49)39(48)34(40)37(32)46/h13-16,18,21-23,25,33,44-45,48-49H,9-12,17,19-20H2,1-8H3/t23?,25?,33?,40-,41-,42+/m1/s1. The summed E-state index contributed by atoms with van der Waals surface area (Å²) in [4.78, 5) is 41.5. The van der Waals surface area contributed by atoms with Gasteiger partial charge in [-0.3, -0.25) is 14.4 Å². The number of ketones is 3. The van der Waals surface area contributed by atoms with Gasteiger partial charge in [0.15, 0.2) is 17.2 Å². The van der Waals surface area contributed by atoms with Crippen LogP contribution in [-0.4, -0.2) is 43.4 Å². The number of phenolic OH excluding ortho intramolecular Hbond substituents is 1. The van der Waals surface area contributed by atoms with Crippen LogP contribution in [0.15, 0.2) is 53.0 Å². The largest absolute Gasteiger partial charge is 0.511 e. The summed E-state index contributed by atoms with van der Waals surface area (Å²) in [6.45, 7) is 14.7. The van der Waals surface area contributed by atoms with E-state index in [0.29, 0.717) is 17.0 Å². The van der Waals surface area contributed by atoms with E-state index in [9.17, 15) is 34.8 Å². The first-order valence-electron chi connectivity index (χ1n) is 18.1. The van der Waals surface area contributed by atoms with Crippen LogP contribution in [0.4, 0.5) is 0 Å². The second kappa shape index (κ2) is 12.0. The van der Waals surface area contributed by atoms with Gasteiger partial charge >= 0.3 is 0 Å². The Morgan fingerprint density at radius 2 is 1.57 bits per heavy atom. The summed E-state index contributed by atoms with van der Waals surface area (Å²) in [5.74, 6) is -3.55. The van der Waals surface area contributed by atoms with Crippen molar-refractivity contribution in [1.29, 1.82) is 0 Å². The highest BCUT2D eigenvalue weighted by molar-refractivity contribution is 6.25. The maximum absolute atomic E-state index is 14.7. The van der Waals surface area contributed by atoms with Gasteiger partial charge in [-0.05, 0) is 91.0 Å². The van der Waals surface area contributed by atoms with Crippen LogP contribution in [0.3, 0.4) is 0 Å². The van der Waals surface area contributed by atoms with Crippen molar-refractivity contribution in [1.82, 2.24) is 0 Å². The number of rotatable bonds is 6. The van der Waals surface area contributed by atoms with Crippen LogP contribution in [0.5, 0.6) is 5.75 Å². The van der Waals surface area contributed by atoms with Crippen molar-refractivity contribution in [3.8, 4) is 16.9 Å². The summed E-state index contributed by atoms with van der Waals surface area (Å²) in [5.41, 5.74) is -1.61. The van der Waals surface area contributed by atoms with E-state index in [0.717, 1.165) is 30.4 Å². The molecule has 1 fully saturated rings. The van der Waals surface area contributed by atoms with Crippen LogP contribution in [0.2, 0.25) is 0 Å². The molecule has 1 saturated carbocycles. The van der Waals surface area contributed by atoms with Crippen molar-refractivity contribution in [2.75, 3.05) is 0 Å². The van der Waals surface area contributed by atoms with Crippen molar-refractivity contribution in [3.05, 3.63) is 75.3 Å². The highest BCUT2D eigenvalue weighted by Gasteiger charge is 2.71. The fourth-order valence-corrected chi connectivity index (χ4v) is 10.2. The molecule has 2 aromatic carbocycles. The summed E-state index contributed by atoms with van der Waals surface area (Å²) in [6, 6.07) is 10.1. The number of benzene rings is 2. The molecular weight excluding hydrogens is 616 g/mol. The lowest BCUT2D eigenvalue weighted by Gasteiger charge is -2.59. The van der Waals surface area contributed by atoms with Crippen LogP contribution < -0.4 is 0 Å². The van der Waals surface area contributed by atoms with Crippen LogP contribution in [0.1, 0.15) is 120 Å². The maximum atomic E-state index is 14.7. The zero-order chi connectivity index (χ0) is 36.0. The monoisotopic (exact) mass is 668 g/mol. The first kappa shape index (κ1) is 35.1. The van der Waals surface area contributed by atoms with Gasteiger partial charge in [-0.15, -0.1) is 0 Å². The lowest BCUT2D eigenvalue weighted by molar-refractivity contribution is -0.171. The number of carbonyl (C=O) groups excluding carboxylic acids is 3. The molecule has 0 radical (unpaired) electrons. The number of fused-ring (bicyclic) bond motifs is 3. The lowest BCUT2D eigenvalue weighted by atomic mass is 9.44. The Hall–Kier alpha value is -3.71. The third-order valence-electron chi connectivity index (χ3n) is 12.6. The van der Waals surface area contributed by atoms with E-state index in [1.54, 1.807) is 6.92 Å². The van der Waals surface area contributed by atoms with E-state index in [1.807, 2.05) is 52.8 Å². The molecule has 4 aliphatic carbocycles. The Morgan fingerprint density at radius 3 is 2.12 bits per heavy atom. The number of phenols is 1. The van der Waals surface area contributed by atoms with E-state index in [-0.39, 0.29) is 47.3 Å². The highest BCUT2D eigenvalue weighted by Crippen LogP contribution is 2.65. The second-order valence-electron chi connectivity index (χ2n) is 16.9. The van der Waals surface area contributed by atoms with Crippen molar-refractivity contribution >= 4 is 17.3 Å². The van der Waals surface area contributed by atoms with Gasteiger partial charge in [0.2, 0.25) is 5.78 Å². The molecule has 4 atom stereocenters. The SMILES string of the molecule is CC(=O)C1=C(O)C(C(C)C)[C@@]2(C)C[C@@]3(C)Cc4c(C(C)C)cc(-c5ccc(CC6CCC(C)CC6)cc5)c(O)c4C(=O)C3=C(O)[C@@]2(O)C1=O. The van der Waals surface area contributed by atoms with Gasteiger partial charge < -0.3 is 20.4 Å². The quantitative estimate of drug-likeness (QED) is 0.227. The Morgan fingerprint density at radius 1 is 0.959 bits per heavy atom. The minimum Gasteiger partial charge on any atom is -0.511 e. The number of carbonyl (C=O) groups is 3. The molecule has 0 aliphatic heterocycles. The van der Waals surface area contributed by atoms with Gasteiger partial charge in [0.05, 0.1) is 5.56 Å². The van der Waals surface area contributed by atoms with Crippen molar-refractivity contribution in [2.45, 2.75) is 112 Å². The Bertz CT molecular complexity index is 1800. The van der Waals surface area contributed by atoms with Crippen LogP contribution in [0.25, 0.3) is 11.1 Å². The number of aliphatic hydroxyl groups is 3. The van der Waals surface area contributed by atoms with Gasteiger partial charge in [0.25, 0.3) is 0 Å². The summed E-state index contributed by atoms with van der Waals surface area (Å²) >= 11 is 0. The van der Waals surface area contributed by atoms with Gasteiger partial charge in [0, 0.05) is 27.9 Å². The molecule has 49 heavy (non-hydrogen) atoms. The van der Waals surface area contributed by atoms with Crippen molar-refractivity contribution in [3.63, 3.8) is 0 Å². The molecule has 0 spiro atoms. The summed E-state index contributed by atoms with van der Waals surface area (Å²) < 4.78 is 0. The number of aliphatic hydroxyl groups excluding tert-OH is 2. The molecule has 0 amide bonds. The second-order valence-corrected chi connectivity index (χ2v) is 16.9. The van der Waals surface area contributed by atoms with E-state index in [1.165, 1.54) is 31.2 Å². The Kier molecular flexibility index (Phi) is 8.58. The topological polar surface area (TPSA) is 132 Å². The molecule has 6 rings (SSSR count). The van der Waals surface area contributed by atoms with E-state index >= 15 is 0 Å². The number of hydrogen-bond acceptors (Lipinski definition) is 7. The molecule has 4 aliphatic rings. The van der Waals surface area contributed by atoms with E-state index in [4.69, 9.17) is 0 Å². The fraction of sp³-hybridized carbons (Fsp3) is 0.548. The number of allylic oxidation sites excluding steroid dienone is 2. The maximum Gasteiger partial charge on any atom is 0.209 e. The molecule has 7 heteroatoms. The Balaban J connectivity index is 1.49. The molecular formula is C42H52O7. The van der Waals surface area contributed by atoms with Crippen molar-refractivity contribution in [2.24, 2.45) is 34.5 Å². The van der Waals surface area contributed by atoms with E-state index < -0.39 is 51.0 Å². The van der Waals surface area contributed by atoms with Crippen LogP contribution >= 0.6 is 0 Å². The molecule has 0 bridgehead atoms. The van der Waals surface area contributed by atoms with E-state index in [2.05, 4.69) is 19.1 Å². The summed E-state index contributed by atoms with van der Waals surface area (Å²) in [6.07, 6.45) is 6.37. The average molecular weight is 669 g/mol. The number of aromatic hydroxyl groups is 1. The Labute approximate surface area is 290 Å². The lowest BCUT2D eigenvalue weighted by Crippen LogP contribution is -2.67. The normalized spacial score (nSPS) is 31.6. The first-order valence-corrected chi connectivity index (χ1v) is 18.1. The summed E-state index contributed by atoms with van der Waals surface area (Å²) in [7, 11) is 0. The minimum atomic E-state index is -2.63. The smallest absolute Gasteiger partial charge is 0.209 e. The van der Waals surface area contributed by atoms with Crippen LogP contribution in [-0.2, 0) is 22.4 Å². The fourth-order valence-electron chi connectivity index (χ4n) is 10.2. The minimum absolute atomic E-state index is 0.00234. The van der Waals surface area contributed by atoms with Gasteiger partial charge in [-0.25, -0.2) is 0 Å². The number of Topliss-reactive ketones (excluding diaryl/α,β-unsaturated/α-hetero) is 3. The summed E-state index contributed by atoms with van der Waals surface area (Å²) in [5, 5.41) is 47.7. The van der Waals surface area contributed by atoms with Crippen LogP contribution in [0, 0.1) is 34.5 Å². The zero-order valence-electron chi connectivity index (χ0n) is 30.2. The zero-order valence-corrected chi connectivity index (χ0v) is 30.2. The predicted molar refractivity (Wildman–Crippen MR) is 190 cm³/mol. The molecule has 2 aromatic rings. The van der Waals surface area contributed by atoms with Gasteiger partial charge in [-0.1, -0.05) is 85.6 Å². The van der Waals surface area contributed by atoms with Gasteiger partial charge in [-0.2, -0.15) is 0 Å². The molecule has 262 valence electrons. The first-order chi connectivity index (χ1) is 22.9. The molecule has 1 unspecified atom stereocenters. The van der Waals surface area contributed by atoms with Gasteiger partial charge in [0.1, 0.15) is 22.8 Å². The molecule has 0 heterocycles. The highest BCUT2D eigenvalue weighted by atomic mass is 16.3. The third-order valence-corrected chi connectivity index (χ3v) is 12.6. The molecule has 0 aromatic heterocycles.